The number of nitrogens with two attached hydrogens (primary N) is 1. The molecular weight excluding hydrogens is 266 g/mol. The number of hydrogen-bond donors (Lipinski definition) is 1. The first-order valence-electron chi connectivity index (χ1n) is 7.65. The maximum absolute atomic E-state index is 6.35. The molecule has 0 spiro atoms. The van der Waals surface area contributed by atoms with Crippen LogP contribution in [0.15, 0.2) is 30.3 Å². The van der Waals surface area contributed by atoms with E-state index in [0.29, 0.717) is 32.3 Å². The fourth-order valence-corrected chi connectivity index (χ4v) is 2.20. The molecule has 0 saturated heterocycles. The van der Waals surface area contributed by atoms with E-state index in [1.165, 1.54) is 0 Å². The van der Waals surface area contributed by atoms with Gasteiger partial charge in [-0.25, -0.2) is 0 Å². The fraction of sp³-hybridized carbons (Fsp3) is 0.647. The van der Waals surface area contributed by atoms with Gasteiger partial charge in [-0.05, 0) is 17.9 Å². The lowest BCUT2D eigenvalue weighted by molar-refractivity contribution is -0.00969. The Hall–Kier alpha value is -0.940. The first-order valence-corrected chi connectivity index (χ1v) is 7.65. The SMILES string of the molecule is COCCOCCCOC(C(C)C)C(N)c1ccccc1. The largest absolute Gasteiger partial charge is 0.382 e. The molecule has 0 aliphatic carbocycles. The van der Waals surface area contributed by atoms with Crippen LogP contribution in [0.4, 0.5) is 0 Å². The molecule has 2 atom stereocenters. The Bertz CT molecular complexity index is 356. The van der Waals surface area contributed by atoms with Crippen molar-refractivity contribution in [3.8, 4) is 0 Å². The highest BCUT2D eigenvalue weighted by Gasteiger charge is 2.23. The van der Waals surface area contributed by atoms with E-state index < -0.39 is 0 Å². The molecule has 0 heterocycles. The van der Waals surface area contributed by atoms with Gasteiger partial charge in [0.1, 0.15) is 0 Å². The minimum atomic E-state index is -0.0967. The Morgan fingerprint density at radius 2 is 1.71 bits per heavy atom. The lowest BCUT2D eigenvalue weighted by Crippen LogP contribution is -2.33. The second kappa shape index (κ2) is 10.7. The Balaban J connectivity index is 2.33. The molecule has 0 fully saturated rings. The molecule has 120 valence electrons. The summed E-state index contributed by atoms with van der Waals surface area (Å²) in [5, 5.41) is 0. The third kappa shape index (κ3) is 7.05. The van der Waals surface area contributed by atoms with Crippen LogP contribution in [0.5, 0.6) is 0 Å². The first kappa shape index (κ1) is 18.1. The van der Waals surface area contributed by atoms with E-state index in [1.54, 1.807) is 7.11 Å². The number of hydrogen-bond acceptors (Lipinski definition) is 4. The summed E-state index contributed by atoms with van der Waals surface area (Å²) in [6.45, 7) is 6.90. The van der Waals surface area contributed by atoms with Crippen LogP contribution >= 0.6 is 0 Å². The average molecular weight is 295 g/mol. The molecule has 4 heteroatoms. The van der Waals surface area contributed by atoms with Crippen molar-refractivity contribution in [3.05, 3.63) is 35.9 Å². The van der Waals surface area contributed by atoms with Crippen molar-refractivity contribution < 1.29 is 14.2 Å². The van der Waals surface area contributed by atoms with Gasteiger partial charge < -0.3 is 19.9 Å². The molecule has 2 unspecified atom stereocenters. The van der Waals surface area contributed by atoms with Gasteiger partial charge in [-0.15, -0.1) is 0 Å². The van der Waals surface area contributed by atoms with Gasteiger partial charge >= 0.3 is 0 Å². The van der Waals surface area contributed by atoms with Crippen LogP contribution in [-0.2, 0) is 14.2 Å². The summed E-state index contributed by atoms with van der Waals surface area (Å²) < 4.78 is 16.3. The summed E-state index contributed by atoms with van der Waals surface area (Å²) >= 11 is 0. The molecule has 1 aromatic rings. The number of rotatable bonds is 11. The summed E-state index contributed by atoms with van der Waals surface area (Å²) in [7, 11) is 1.67. The smallest absolute Gasteiger partial charge is 0.0790 e. The van der Waals surface area contributed by atoms with E-state index in [1.807, 2.05) is 18.2 Å². The van der Waals surface area contributed by atoms with Gasteiger partial charge in [-0.1, -0.05) is 44.2 Å². The van der Waals surface area contributed by atoms with Crippen LogP contribution < -0.4 is 5.73 Å². The molecule has 0 amide bonds. The number of methoxy groups -OCH3 is 1. The van der Waals surface area contributed by atoms with Gasteiger partial charge in [0, 0.05) is 20.3 Å². The van der Waals surface area contributed by atoms with Crippen molar-refractivity contribution in [2.45, 2.75) is 32.4 Å². The molecule has 0 bridgehead atoms. The zero-order valence-electron chi connectivity index (χ0n) is 13.5. The predicted molar refractivity (Wildman–Crippen MR) is 85.3 cm³/mol. The summed E-state index contributed by atoms with van der Waals surface area (Å²) in [5.74, 6) is 0.370. The molecule has 4 nitrogen and oxygen atoms in total. The molecule has 0 radical (unpaired) electrons. The highest BCUT2D eigenvalue weighted by atomic mass is 16.5. The Labute approximate surface area is 128 Å². The number of benzene rings is 1. The molecule has 21 heavy (non-hydrogen) atoms. The van der Waals surface area contributed by atoms with Gasteiger partial charge in [0.2, 0.25) is 0 Å². The standard InChI is InChI=1S/C17H29NO3/c1-14(2)17(16(18)15-8-5-4-6-9-15)21-11-7-10-20-13-12-19-3/h4-6,8-9,14,16-17H,7,10-13,18H2,1-3H3. The maximum Gasteiger partial charge on any atom is 0.0790 e. The minimum Gasteiger partial charge on any atom is -0.382 e. The van der Waals surface area contributed by atoms with Gasteiger partial charge in [0.05, 0.1) is 25.4 Å². The zero-order valence-corrected chi connectivity index (χ0v) is 13.5. The van der Waals surface area contributed by atoms with E-state index in [0.717, 1.165) is 12.0 Å². The third-order valence-electron chi connectivity index (χ3n) is 3.37. The highest BCUT2D eigenvalue weighted by molar-refractivity contribution is 5.19. The molecule has 0 saturated carbocycles. The van der Waals surface area contributed by atoms with E-state index >= 15 is 0 Å². The van der Waals surface area contributed by atoms with E-state index in [2.05, 4.69) is 26.0 Å². The van der Waals surface area contributed by atoms with Gasteiger partial charge in [0.25, 0.3) is 0 Å². The molecule has 0 aliphatic rings. The van der Waals surface area contributed by atoms with Gasteiger partial charge in [-0.3, -0.25) is 0 Å². The average Bonchev–Trinajstić information content (AvgIpc) is 2.50. The zero-order chi connectivity index (χ0) is 15.5. The first-order chi connectivity index (χ1) is 10.2. The van der Waals surface area contributed by atoms with Crippen LogP contribution in [0.3, 0.4) is 0 Å². The Morgan fingerprint density at radius 3 is 2.33 bits per heavy atom. The molecular formula is C17H29NO3. The molecule has 1 aromatic carbocycles. The molecule has 2 N–H and O–H groups in total. The normalized spacial score (nSPS) is 14.3. The van der Waals surface area contributed by atoms with Crippen molar-refractivity contribution in [1.82, 2.24) is 0 Å². The summed E-state index contributed by atoms with van der Waals surface area (Å²) in [5.41, 5.74) is 7.47. The van der Waals surface area contributed by atoms with Gasteiger partial charge in [-0.2, -0.15) is 0 Å². The Kier molecular flexibility index (Phi) is 9.26. The maximum atomic E-state index is 6.35. The van der Waals surface area contributed by atoms with Gasteiger partial charge in [0.15, 0.2) is 0 Å². The fourth-order valence-electron chi connectivity index (χ4n) is 2.20. The lowest BCUT2D eigenvalue weighted by atomic mass is 9.94. The molecule has 0 aliphatic heterocycles. The second-order valence-corrected chi connectivity index (χ2v) is 5.47. The van der Waals surface area contributed by atoms with E-state index in [-0.39, 0.29) is 12.1 Å². The minimum absolute atomic E-state index is 0.0198. The molecule has 0 aromatic heterocycles. The van der Waals surface area contributed by atoms with Crippen molar-refractivity contribution in [1.29, 1.82) is 0 Å². The van der Waals surface area contributed by atoms with Crippen LogP contribution in [-0.4, -0.2) is 39.6 Å². The highest BCUT2D eigenvalue weighted by Crippen LogP contribution is 2.22. The Morgan fingerprint density at radius 1 is 1.00 bits per heavy atom. The lowest BCUT2D eigenvalue weighted by Gasteiger charge is -2.28. The third-order valence-corrected chi connectivity index (χ3v) is 3.37. The van der Waals surface area contributed by atoms with Crippen molar-refractivity contribution in [2.75, 3.05) is 33.5 Å². The van der Waals surface area contributed by atoms with Crippen molar-refractivity contribution in [3.63, 3.8) is 0 Å². The van der Waals surface area contributed by atoms with Crippen LogP contribution in [0, 0.1) is 5.92 Å². The monoisotopic (exact) mass is 295 g/mol. The summed E-state index contributed by atoms with van der Waals surface area (Å²) in [6, 6.07) is 10.0. The summed E-state index contributed by atoms with van der Waals surface area (Å²) in [6.07, 6.45) is 0.889. The van der Waals surface area contributed by atoms with Crippen LogP contribution in [0.25, 0.3) is 0 Å². The van der Waals surface area contributed by atoms with E-state index in [9.17, 15) is 0 Å². The van der Waals surface area contributed by atoms with E-state index in [4.69, 9.17) is 19.9 Å². The second-order valence-electron chi connectivity index (χ2n) is 5.47. The predicted octanol–water partition coefficient (Wildman–Crippen LogP) is 2.78. The van der Waals surface area contributed by atoms with Crippen LogP contribution in [0.2, 0.25) is 0 Å². The topological polar surface area (TPSA) is 53.7 Å². The van der Waals surface area contributed by atoms with Crippen molar-refractivity contribution in [2.24, 2.45) is 11.7 Å². The van der Waals surface area contributed by atoms with Crippen molar-refractivity contribution >= 4 is 0 Å². The van der Waals surface area contributed by atoms with Crippen LogP contribution in [0.1, 0.15) is 31.9 Å². The molecule has 1 rings (SSSR count). The quantitative estimate of drug-likeness (QED) is 0.638. The number of ether oxygens (including phenoxy) is 3. The summed E-state index contributed by atoms with van der Waals surface area (Å²) in [4.78, 5) is 0.